The Morgan fingerprint density at radius 1 is 0.930 bits per heavy atom. The number of halogens is 6. The highest BCUT2D eigenvalue weighted by Crippen LogP contribution is 2.27. The number of carbonyl (C=O) groups is 4. The number of hydrogen-bond donors (Lipinski definition) is 2. The summed E-state index contributed by atoms with van der Waals surface area (Å²) in [4.78, 5) is 55.1. The second-order valence-corrected chi connectivity index (χ2v) is 9.22. The zero-order valence-corrected chi connectivity index (χ0v) is 22.7. The van der Waals surface area contributed by atoms with Gasteiger partial charge in [-0.25, -0.2) is 0 Å². The van der Waals surface area contributed by atoms with E-state index in [-0.39, 0.29) is 11.9 Å². The summed E-state index contributed by atoms with van der Waals surface area (Å²) >= 11 is 0. The van der Waals surface area contributed by atoms with Crippen LogP contribution in [0.2, 0.25) is 0 Å². The van der Waals surface area contributed by atoms with E-state index in [0.717, 1.165) is 59.6 Å². The molecule has 230 valence electrons. The molecule has 1 aliphatic heterocycles. The third kappa shape index (κ3) is 9.21. The van der Waals surface area contributed by atoms with Crippen molar-refractivity contribution >= 4 is 23.4 Å². The summed E-state index contributed by atoms with van der Waals surface area (Å²) in [5.41, 5.74) is 6.35. The van der Waals surface area contributed by atoms with Gasteiger partial charge in [0.1, 0.15) is 0 Å². The Labute approximate surface area is 241 Å². The van der Waals surface area contributed by atoms with Gasteiger partial charge in [0, 0.05) is 60.0 Å². The van der Waals surface area contributed by atoms with E-state index in [4.69, 9.17) is 4.74 Å². The number of aromatic amines is 1. The maximum absolute atomic E-state index is 12.0. The molecule has 0 radical (unpaired) electrons. The number of carbonyl (C=O) groups excluding carboxylic acids is 4. The van der Waals surface area contributed by atoms with E-state index in [2.05, 4.69) is 20.3 Å². The van der Waals surface area contributed by atoms with E-state index < -0.39 is 23.9 Å². The Hall–Kier alpha value is -4.56. The quantitative estimate of drug-likeness (QED) is 0.151. The maximum Gasteiger partial charge on any atom is 0.458 e. The number of ether oxygens (including phenoxy) is 1. The number of aryl methyl sites for hydroxylation is 1. The zero-order valence-electron chi connectivity index (χ0n) is 22.7. The predicted molar refractivity (Wildman–Crippen MR) is 140 cm³/mol. The van der Waals surface area contributed by atoms with Crippen molar-refractivity contribution in [2.45, 2.75) is 51.4 Å². The number of amides is 1. The fourth-order valence-electron chi connectivity index (χ4n) is 3.99. The van der Waals surface area contributed by atoms with Crippen LogP contribution in [-0.4, -0.2) is 63.9 Å². The van der Waals surface area contributed by atoms with Crippen LogP contribution in [0.15, 0.2) is 42.7 Å². The molecule has 4 heterocycles. The number of unbranched alkanes of at least 4 members (excludes halogenated alkanes) is 1. The molecule has 2 N–H and O–H groups in total. The van der Waals surface area contributed by atoms with Crippen LogP contribution in [0.1, 0.15) is 47.9 Å². The van der Waals surface area contributed by atoms with E-state index in [1.807, 2.05) is 43.5 Å². The number of fused-ring (bicyclic) bond motifs is 1. The smallest absolute Gasteiger partial charge is 0.458 e. The van der Waals surface area contributed by atoms with Gasteiger partial charge < -0.3 is 15.0 Å². The van der Waals surface area contributed by atoms with Crippen LogP contribution in [0.4, 0.5) is 26.3 Å². The van der Waals surface area contributed by atoms with Crippen LogP contribution in [0.3, 0.4) is 0 Å². The van der Waals surface area contributed by atoms with Crippen LogP contribution in [0, 0.1) is 0 Å². The molecule has 0 saturated heterocycles. The molecule has 0 saturated carbocycles. The average Bonchev–Trinajstić information content (AvgIpc) is 3.40. The summed E-state index contributed by atoms with van der Waals surface area (Å²) < 4.78 is 71.9. The van der Waals surface area contributed by atoms with Crippen molar-refractivity contribution in [2.75, 3.05) is 13.2 Å². The van der Waals surface area contributed by atoms with Crippen molar-refractivity contribution in [1.29, 1.82) is 0 Å². The maximum atomic E-state index is 12.0. The number of rotatable bonds is 9. The van der Waals surface area contributed by atoms with E-state index in [9.17, 15) is 45.5 Å². The fourth-order valence-corrected chi connectivity index (χ4v) is 3.99. The van der Waals surface area contributed by atoms with Crippen LogP contribution in [-0.2, 0) is 32.0 Å². The van der Waals surface area contributed by atoms with Gasteiger partial charge in [-0.3, -0.25) is 29.1 Å². The molecular formula is C28H26F6N4O5. The number of H-pyrrole nitrogens is 1. The van der Waals surface area contributed by atoms with Crippen molar-refractivity contribution in [3.63, 3.8) is 0 Å². The lowest BCUT2D eigenvalue weighted by Gasteiger charge is -2.10. The lowest BCUT2D eigenvalue weighted by molar-refractivity contribution is -0.193. The summed E-state index contributed by atoms with van der Waals surface area (Å²) in [6.45, 7) is 2.91. The monoisotopic (exact) mass is 612 g/mol. The highest BCUT2D eigenvalue weighted by Gasteiger charge is 2.54. The largest absolute Gasteiger partial charge is 0.466 e. The highest BCUT2D eigenvalue weighted by atomic mass is 19.4. The van der Waals surface area contributed by atoms with Crippen LogP contribution in [0.25, 0.3) is 22.5 Å². The van der Waals surface area contributed by atoms with Gasteiger partial charge in [-0.2, -0.15) is 26.3 Å². The van der Waals surface area contributed by atoms with Crippen molar-refractivity contribution in [1.82, 2.24) is 20.3 Å². The predicted octanol–water partition coefficient (Wildman–Crippen LogP) is 4.95. The second-order valence-electron chi connectivity index (χ2n) is 9.22. The number of Topliss-reactive ketones (excluding diaryl/α,β-unsaturated/α-hetero) is 2. The molecule has 0 unspecified atom stereocenters. The molecule has 0 atom stereocenters. The van der Waals surface area contributed by atoms with Gasteiger partial charge in [0.25, 0.3) is 5.91 Å². The summed E-state index contributed by atoms with van der Waals surface area (Å²) in [5.74, 6) is -6.98. The first-order valence-corrected chi connectivity index (χ1v) is 13.0. The number of pyridine rings is 2. The Bertz CT molecular complexity index is 1440. The number of alkyl halides is 6. The van der Waals surface area contributed by atoms with Crippen LogP contribution >= 0.6 is 0 Å². The molecule has 15 heteroatoms. The average molecular weight is 613 g/mol. The van der Waals surface area contributed by atoms with Gasteiger partial charge in [0.15, 0.2) is 0 Å². The molecule has 3 aromatic heterocycles. The number of esters is 1. The topological polar surface area (TPSA) is 131 Å². The van der Waals surface area contributed by atoms with Gasteiger partial charge in [-0.1, -0.05) is 0 Å². The molecule has 1 amide bonds. The summed E-state index contributed by atoms with van der Waals surface area (Å²) in [5, 5.41) is 2.87. The zero-order chi connectivity index (χ0) is 31.8. The van der Waals surface area contributed by atoms with E-state index in [1.165, 1.54) is 0 Å². The molecule has 0 bridgehead atoms. The SMILES string of the molecule is CCOC(=O)CCCCc1ccc(-c2cc(-c3cc4c([nH]3)CCNC4=O)ccn2)cn1.O=C(C(=O)C(F)(F)F)C(F)(F)F. The van der Waals surface area contributed by atoms with Crippen molar-refractivity contribution in [2.24, 2.45) is 0 Å². The van der Waals surface area contributed by atoms with Gasteiger partial charge >= 0.3 is 29.9 Å². The van der Waals surface area contributed by atoms with Gasteiger partial charge in [0.2, 0.25) is 0 Å². The Kier molecular flexibility index (Phi) is 10.8. The van der Waals surface area contributed by atoms with Crippen molar-refractivity contribution in [3.05, 3.63) is 59.7 Å². The minimum atomic E-state index is -5.77. The molecule has 0 aromatic carbocycles. The number of hydrogen-bond acceptors (Lipinski definition) is 7. The lowest BCUT2D eigenvalue weighted by atomic mass is 10.1. The standard InChI is InChI=1S/C24H26N4O3.C4F6O2/c1-2-31-23(29)6-4-3-5-18-8-7-17(15-27-18)21-13-16(9-11-25-21)22-14-19-20(28-22)10-12-26-24(19)30;5-3(6,7)1(11)2(12)4(8,9)10/h7-9,11,13-15,28H,2-6,10,12H2,1H3,(H,26,30);. The molecule has 1 aliphatic rings. The third-order valence-corrected chi connectivity index (χ3v) is 6.09. The molecule has 43 heavy (non-hydrogen) atoms. The van der Waals surface area contributed by atoms with E-state index >= 15 is 0 Å². The number of nitrogens with zero attached hydrogens (tertiary/aromatic N) is 2. The number of ketones is 2. The Balaban J connectivity index is 0.000000359. The van der Waals surface area contributed by atoms with Crippen molar-refractivity contribution < 1.29 is 50.3 Å². The van der Waals surface area contributed by atoms with Gasteiger partial charge in [0.05, 0.1) is 17.9 Å². The highest BCUT2D eigenvalue weighted by molar-refractivity contribution is 6.41. The molecule has 0 fully saturated rings. The van der Waals surface area contributed by atoms with Crippen molar-refractivity contribution in [3.8, 4) is 22.5 Å². The normalized spacial score (nSPS) is 12.9. The van der Waals surface area contributed by atoms with E-state index in [1.54, 1.807) is 6.20 Å². The summed E-state index contributed by atoms with van der Waals surface area (Å²) in [7, 11) is 0. The number of nitrogens with one attached hydrogen (secondary N) is 2. The molecular weight excluding hydrogens is 586 g/mol. The summed E-state index contributed by atoms with van der Waals surface area (Å²) in [6, 6.07) is 9.87. The first kappa shape index (κ1) is 32.9. The first-order chi connectivity index (χ1) is 20.2. The van der Waals surface area contributed by atoms with Gasteiger partial charge in [-0.05, 0) is 56.5 Å². The third-order valence-electron chi connectivity index (χ3n) is 6.09. The first-order valence-electron chi connectivity index (χ1n) is 13.0. The minimum Gasteiger partial charge on any atom is -0.466 e. The fraction of sp³-hybridized carbons (Fsp3) is 0.357. The minimum absolute atomic E-state index is 0.0277. The van der Waals surface area contributed by atoms with Crippen LogP contribution < -0.4 is 5.32 Å². The number of aromatic nitrogens is 3. The molecule has 3 aromatic rings. The Morgan fingerprint density at radius 3 is 2.21 bits per heavy atom. The molecule has 0 aliphatic carbocycles. The molecule has 4 rings (SSSR count). The lowest BCUT2D eigenvalue weighted by Crippen LogP contribution is -2.39. The summed E-state index contributed by atoms with van der Waals surface area (Å²) in [6.07, 6.45) is -4.17. The second kappa shape index (κ2) is 14.1. The van der Waals surface area contributed by atoms with E-state index in [0.29, 0.717) is 25.1 Å². The molecule has 0 spiro atoms. The van der Waals surface area contributed by atoms with Crippen LogP contribution in [0.5, 0.6) is 0 Å². The Morgan fingerprint density at radius 2 is 1.63 bits per heavy atom. The molecule has 9 nitrogen and oxygen atoms in total. The van der Waals surface area contributed by atoms with Gasteiger partial charge in [-0.15, -0.1) is 0 Å².